The van der Waals surface area contributed by atoms with Crippen LogP contribution in [0.15, 0.2) is 0 Å². The standard InChI is InChI=1S/C12H24ClN/c1-2-3-10-14(12-7-8-12)11-6-4-5-9-13/h12H,2-11H2,1H3. The van der Waals surface area contributed by atoms with E-state index in [2.05, 4.69) is 11.8 Å². The van der Waals surface area contributed by atoms with Gasteiger partial charge in [-0.3, -0.25) is 0 Å². The van der Waals surface area contributed by atoms with Crippen molar-refractivity contribution in [3.8, 4) is 0 Å². The predicted octanol–water partition coefficient (Wildman–Crippen LogP) is 3.66. The van der Waals surface area contributed by atoms with Crippen molar-refractivity contribution in [3.05, 3.63) is 0 Å². The molecular formula is C12H24ClN. The molecule has 0 atom stereocenters. The molecule has 1 aliphatic rings. The monoisotopic (exact) mass is 217 g/mol. The van der Waals surface area contributed by atoms with Gasteiger partial charge in [0.25, 0.3) is 0 Å². The molecule has 0 heterocycles. The third-order valence-corrected chi connectivity index (χ3v) is 3.21. The maximum atomic E-state index is 5.66. The highest BCUT2D eigenvalue weighted by Gasteiger charge is 2.27. The van der Waals surface area contributed by atoms with Gasteiger partial charge < -0.3 is 4.90 Å². The molecule has 0 aromatic rings. The molecule has 84 valence electrons. The molecule has 0 amide bonds. The summed E-state index contributed by atoms with van der Waals surface area (Å²) in [4.78, 5) is 2.69. The van der Waals surface area contributed by atoms with Crippen molar-refractivity contribution in [1.82, 2.24) is 4.90 Å². The summed E-state index contributed by atoms with van der Waals surface area (Å²) in [5.41, 5.74) is 0. The molecule has 1 saturated carbocycles. The molecule has 1 fully saturated rings. The van der Waals surface area contributed by atoms with Gasteiger partial charge in [0.2, 0.25) is 0 Å². The van der Waals surface area contributed by atoms with E-state index in [0.29, 0.717) is 0 Å². The summed E-state index contributed by atoms with van der Waals surface area (Å²) in [6.45, 7) is 4.90. The first-order valence-corrected chi connectivity index (χ1v) is 6.72. The number of hydrogen-bond acceptors (Lipinski definition) is 1. The molecule has 0 N–H and O–H groups in total. The lowest BCUT2D eigenvalue weighted by Crippen LogP contribution is -2.28. The zero-order valence-electron chi connectivity index (χ0n) is 9.47. The normalized spacial score (nSPS) is 16.5. The van der Waals surface area contributed by atoms with Crippen molar-refractivity contribution in [2.24, 2.45) is 0 Å². The Morgan fingerprint density at radius 1 is 1.07 bits per heavy atom. The van der Waals surface area contributed by atoms with Crippen molar-refractivity contribution in [3.63, 3.8) is 0 Å². The third-order valence-electron chi connectivity index (χ3n) is 2.94. The molecule has 0 radical (unpaired) electrons. The number of nitrogens with zero attached hydrogens (tertiary/aromatic N) is 1. The summed E-state index contributed by atoms with van der Waals surface area (Å²) >= 11 is 5.66. The average molecular weight is 218 g/mol. The van der Waals surface area contributed by atoms with Crippen LogP contribution in [-0.4, -0.2) is 29.9 Å². The van der Waals surface area contributed by atoms with Crippen LogP contribution in [0.25, 0.3) is 0 Å². The topological polar surface area (TPSA) is 3.24 Å². The maximum absolute atomic E-state index is 5.66. The highest BCUT2D eigenvalue weighted by Crippen LogP contribution is 2.27. The van der Waals surface area contributed by atoms with E-state index in [4.69, 9.17) is 11.6 Å². The Hall–Kier alpha value is 0.250. The summed E-state index contributed by atoms with van der Waals surface area (Å²) in [7, 11) is 0. The van der Waals surface area contributed by atoms with Crippen LogP contribution in [0.1, 0.15) is 51.9 Å². The second-order valence-corrected chi connectivity index (χ2v) is 4.75. The van der Waals surface area contributed by atoms with Crippen LogP contribution in [0, 0.1) is 0 Å². The first kappa shape index (κ1) is 12.3. The Labute approximate surface area is 93.8 Å². The van der Waals surface area contributed by atoms with E-state index in [0.717, 1.165) is 11.9 Å². The van der Waals surface area contributed by atoms with Crippen LogP contribution < -0.4 is 0 Å². The SMILES string of the molecule is CCCCN(CCCCCCl)C1CC1. The van der Waals surface area contributed by atoms with Crippen LogP contribution in [-0.2, 0) is 0 Å². The van der Waals surface area contributed by atoms with E-state index in [9.17, 15) is 0 Å². The first-order chi connectivity index (χ1) is 6.88. The Bertz CT molecular complexity index is 134. The maximum Gasteiger partial charge on any atom is 0.0223 e. The predicted molar refractivity (Wildman–Crippen MR) is 64.1 cm³/mol. The third kappa shape index (κ3) is 5.21. The molecule has 0 bridgehead atoms. The van der Waals surface area contributed by atoms with Crippen molar-refractivity contribution >= 4 is 11.6 Å². The number of rotatable bonds is 9. The summed E-state index contributed by atoms with van der Waals surface area (Å²) in [5, 5.41) is 0. The van der Waals surface area contributed by atoms with Crippen LogP contribution in [0.2, 0.25) is 0 Å². The van der Waals surface area contributed by atoms with Gasteiger partial charge in [0, 0.05) is 11.9 Å². The van der Waals surface area contributed by atoms with E-state index in [-0.39, 0.29) is 0 Å². The Morgan fingerprint density at radius 2 is 1.79 bits per heavy atom. The minimum atomic E-state index is 0.832. The van der Waals surface area contributed by atoms with Gasteiger partial charge in [-0.25, -0.2) is 0 Å². The Kier molecular flexibility index (Phi) is 6.63. The molecule has 0 spiro atoms. The highest BCUT2D eigenvalue weighted by atomic mass is 35.5. The molecule has 0 aliphatic heterocycles. The molecule has 0 unspecified atom stereocenters. The lowest BCUT2D eigenvalue weighted by atomic mass is 10.2. The fraction of sp³-hybridized carbons (Fsp3) is 1.00. The van der Waals surface area contributed by atoms with E-state index in [1.54, 1.807) is 0 Å². The van der Waals surface area contributed by atoms with E-state index in [1.165, 1.54) is 58.0 Å². The zero-order valence-corrected chi connectivity index (χ0v) is 10.2. The van der Waals surface area contributed by atoms with Gasteiger partial charge in [0.1, 0.15) is 0 Å². The number of unbranched alkanes of at least 4 members (excludes halogenated alkanes) is 3. The lowest BCUT2D eigenvalue weighted by molar-refractivity contribution is 0.254. The van der Waals surface area contributed by atoms with Crippen molar-refractivity contribution < 1.29 is 0 Å². The fourth-order valence-electron chi connectivity index (χ4n) is 1.86. The smallest absolute Gasteiger partial charge is 0.0223 e. The summed E-state index contributed by atoms with van der Waals surface area (Å²) in [6, 6.07) is 0.942. The molecule has 14 heavy (non-hydrogen) atoms. The lowest BCUT2D eigenvalue weighted by Gasteiger charge is -2.21. The van der Waals surface area contributed by atoms with Crippen molar-refractivity contribution in [2.45, 2.75) is 57.9 Å². The van der Waals surface area contributed by atoms with Crippen molar-refractivity contribution in [2.75, 3.05) is 19.0 Å². The molecule has 1 nitrogen and oxygen atoms in total. The van der Waals surface area contributed by atoms with Gasteiger partial charge in [-0.15, -0.1) is 11.6 Å². The van der Waals surface area contributed by atoms with Crippen LogP contribution in [0.5, 0.6) is 0 Å². The van der Waals surface area contributed by atoms with Gasteiger partial charge in [-0.2, -0.15) is 0 Å². The molecular weight excluding hydrogens is 194 g/mol. The quantitative estimate of drug-likeness (QED) is 0.421. The van der Waals surface area contributed by atoms with Gasteiger partial charge >= 0.3 is 0 Å². The summed E-state index contributed by atoms with van der Waals surface area (Å²) < 4.78 is 0. The van der Waals surface area contributed by atoms with Crippen molar-refractivity contribution in [1.29, 1.82) is 0 Å². The largest absolute Gasteiger partial charge is 0.300 e. The minimum Gasteiger partial charge on any atom is -0.300 e. The van der Waals surface area contributed by atoms with Crippen LogP contribution in [0.4, 0.5) is 0 Å². The van der Waals surface area contributed by atoms with Crippen LogP contribution >= 0.6 is 11.6 Å². The molecule has 0 aromatic carbocycles. The van der Waals surface area contributed by atoms with E-state index in [1.807, 2.05) is 0 Å². The average Bonchev–Trinajstić information content (AvgIpc) is 3.00. The van der Waals surface area contributed by atoms with Gasteiger partial charge in [-0.1, -0.05) is 19.8 Å². The molecule has 2 heteroatoms. The Morgan fingerprint density at radius 3 is 2.36 bits per heavy atom. The van der Waals surface area contributed by atoms with E-state index < -0.39 is 0 Å². The van der Waals surface area contributed by atoms with E-state index >= 15 is 0 Å². The Balaban J connectivity index is 2.02. The molecule has 0 aromatic heterocycles. The van der Waals surface area contributed by atoms with Gasteiger partial charge in [0.05, 0.1) is 0 Å². The van der Waals surface area contributed by atoms with Crippen LogP contribution in [0.3, 0.4) is 0 Å². The number of alkyl halides is 1. The van der Waals surface area contributed by atoms with Gasteiger partial charge in [0.15, 0.2) is 0 Å². The second-order valence-electron chi connectivity index (χ2n) is 4.37. The summed E-state index contributed by atoms with van der Waals surface area (Å²) in [5.74, 6) is 0.832. The highest BCUT2D eigenvalue weighted by molar-refractivity contribution is 6.17. The second kappa shape index (κ2) is 7.53. The van der Waals surface area contributed by atoms with Gasteiger partial charge in [-0.05, 0) is 45.2 Å². The molecule has 0 saturated heterocycles. The molecule has 1 aliphatic carbocycles. The summed E-state index contributed by atoms with van der Waals surface area (Å²) in [6.07, 6.45) is 9.41. The zero-order chi connectivity index (χ0) is 10.2. The first-order valence-electron chi connectivity index (χ1n) is 6.18. The molecule has 1 rings (SSSR count). The number of hydrogen-bond donors (Lipinski definition) is 0. The fourth-order valence-corrected chi connectivity index (χ4v) is 2.05. The number of halogens is 1. The minimum absolute atomic E-state index is 0.832.